The van der Waals surface area contributed by atoms with Gasteiger partial charge in [-0.3, -0.25) is 4.79 Å². The molecule has 1 N–H and O–H groups in total. The van der Waals surface area contributed by atoms with Crippen LogP contribution >= 0.6 is 0 Å². The number of carboxylic acids is 1. The molecule has 3 heteroatoms. The Labute approximate surface area is 108 Å². The molecule has 1 aliphatic heterocycles. The van der Waals surface area contributed by atoms with Crippen molar-refractivity contribution in [2.75, 3.05) is 13.2 Å². The van der Waals surface area contributed by atoms with Crippen molar-refractivity contribution >= 4 is 5.97 Å². The summed E-state index contributed by atoms with van der Waals surface area (Å²) >= 11 is 0. The summed E-state index contributed by atoms with van der Waals surface area (Å²) in [5.74, 6) is -1.08. The number of rotatable bonds is 3. The van der Waals surface area contributed by atoms with Crippen molar-refractivity contribution in [3.8, 4) is 0 Å². The van der Waals surface area contributed by atoms with Crippen LogP contribution in [0.1, 0.15) is 37.8 Å². The van der Waals surface area contributed by atoms with Gasteiger partial charge < -0.3 is 9.84 Å². The number of hydrogen-bond donors (Lipinski definition) is 1. The average molecular weight is 248 g/mol. The van der Waals surface area contributed by atoms with E-state index in [0.29, 0.717) is 13.2 Å². The van der Waals surface area contributed by atoms with Gasteiger partial charge in [0, 0.05) is 5.92 Å². The molecule has 0 amide bonds. The third-order valence-electron chi connectivity index (χ3n) is 3.54. The Bertz CT molecular complexity index is 424. The summed E-state index contributed by atoms with van der Waals surface area (Å²) in [5, 5.41) is 9.34. The van der Waals surface area contributed by atoms with Crippen LogP contribution in [-0.4, -0.2) is 24.3 Å². The fraction of sp³-hybridized carbons (Fsp3) is 0.533. The third kappa shape index (κ3) is 2.56. The molecule has 0 saturated carbocycles. The zero-order valence-corrected chi connectivity index (χ0v) is 11.1. The molecule has 0 bridgehead atoms. The van der Waals surface area contributed by atoms with Crippen molar-refractivity contribution in [3.05, 3.63) is 35.4 Å². The van der Waals surface area contributed by atoms with Crippen LogP contribution in [0.5, 0.6) is 0 Å². The molecule has 3 nitrogen and oxygen atoms in total. The fourth-order valence-electron chi connectivity index (χ4n) is 2.25. The third-order valence-corrected chi connectivity index (χ3v) is 3.54. The quantitative estimate of drug-likeness (QED) is 0.894. The lowest BCUT2D eigenvalue weighted by atomic mass is 9.82. The van der Waals surface area contributed by atoms with Gasteiger partial charge in [-0.2, -0.15) is 0 Å². The van der Waals surface area contributed by atoms with Crippen molar-refractivity contribution in [1.82, 2.24) is 0 Å². The number of aliphatic carboxylic acids is 1. The normalized spacial score (nSPS) is 18.2. The maximum absolute atomic E-state index is 11.4. The molecular formula is C15H20O3. The van der Waals surface area contributed by atoms with Crippen LogP contribution in [0.25, 0.3) is 0 Å². The predicted molar refractivity (Wildman–Crippen MR) is 69.8 cm³/mol. The summed E-state index contributed by atoms with van der Waals surface area (Å²) in [6.07, 6.45) is 0. The summed E-state index contributed by atoms with van der Waals surface area (Å²) in [7, 11) is 0. The second kappa shape index (κ2) is 4.73. The van der Waals surface area contributed by atoms with E-state index in [-0.39, 0.29) is 11.3 Å². The smallest absolute Gasteiger partial charge is 0.311 e. The first-order chi connectivity index (χ1) is 8.39. The van der Waals surface area contributed by atoms with Crippen molar-refractivity contribution in [1.29, 1.82) is 0 Å². The van der Waals surface area contributed by atoms with E-state index in [4.69, 9.17) is 4.74 Å². The van der Waals surface area contributed by atoms with Gasteiger partial charge >= 0.3 is 5.97 Å². The van der Waals surface area contributed by atoms with Crippen molar-refractivity contribution in [2.45, 2.75) is 32.1 Å². The minimum Gasteiger partial charge on any atom is -0.481 e. The lowest BCUT2D eigenvalue weighted by Crippen LogP contribution is -2.36. The highest BCUT2D eigenvalue weighted by atomic mass is 16.5. The van der Waals surface area contributed by atoms with Crippen LogP contribution in [-0.2, 0) is 14.9 Å². The van der Waals surface area contributed by atoms with Gasteiger partial charge in [0.1, 0.15) is 0 Å². The van der Waals surface area contributed by atoms with E-state index in [1.807, 2.05) is 24.3 Å². The molecule has 1 fully saturated rings. The van der Waals surface area contributed by atoms with Crippen LogP contribution < -0.4 is 0 Å². The standard InChI is InChI=1S/C15H20O3/c1-15(2,3)12-6-4-10(5-7-12)13(14(16)17)11-8-18-9-11/h4-7,11,13H,8-9H2,1-3H3,(H,16,17). The van der Waals surface area contributed by atoms with E-state index in [9.17, 15) is 9.90 Å². The van der Waals surface area contributed by atoms with Crippen molar-refractivity contribution in [2.24, 2.45) is 5.92 Å². The zero-order chi connectivity index (χ0) is 13.3. The Kier molecular flexibility index (Phi) is 3.44. The molecule has 0 aliphatic carbocycles. The average Bonchev–Trinajstić information content (AvgIpc) is 2.21. The number of benzene rings is 1. The topological polar surface area (TPSA) is 46.5 Å². The van der Waals surface area contributed by atoms with E-state index in [0.717, 1.165) is 5.56 Å². The number of carbonyl (C=O) groups is 1. The monoisotopic (exact) mass is 248 g/mol. The van der Waals surface area contributed by atoms with Crippen molar-refractivity contribution < 1.29 is 14.6 Å². The second-order valence-corrected chi connectivity index (χ2v) is 5.99. The molecule has 1 aromatic carbocycles. The molecular weight excluding hydrogens is 228 g/mol. The first-order valence-electron chi connectivity index (χ1n) is 6.30. The predicted octanol–water partition coefficient (Wildman–Crippen LogP) is 2.80. The highest BCUT2D eigenvalue weighted by molar-refractivity contribution is 5.76. The van der Waals surface area contributed by atoms with Gasteiger partial charge in [0.05, 0.1) is 19.1 Å². The van der Waals surface area contributed by atoms with Gasteiger partial charge in [-0.1, -0.05) is 45.0 Å². The maximum atomic E-state index is 11.4. The summed E-state index contributed by atoms with van der Waals surface area (Å²) in [6, 6.07) is 7.95. The Hall–Kier alpha value is -1.35. The van der Waals surface area contributed by atoms with E-state index >= 15 is 0 Å². The minimum absolute atomic E-state index is 0.0941. The van der Waals surface area contributed by atoms with Gasteiger partial charge in [0.15, 0.2) is 0 Å². The Morgan fingerprint density at radius 3 is 2.17 bits per heavy atom. The lowest BCUT2D eigenvalue weighted by Gasteiger charge is -2.31. The summed E-state index contributed by atoms with van der Waals surface area (Å²) in [4.78, 5) is 11.4. The van der Waals surface area contributed by atoms with Crippen LogP contribution in [0.2, 0.25) is 0 Å². The Balaban J connectivity index is 2.24. The Morgan fingerprint density at radius 1 is 1.28 bits per heavy atom. The maximum Gasteiger partial charge on any atom is 0.311 e. The highest BCUT2D eigenvalue weighted by Gasteiger charge is 2.34. The summed E-state index contributed by atoms with van der Waals surface area (Å²) in [5.41, 5.74) is 2.20. The van der Waals surface area contributed by atoms with E-state index in [1.54, 1.807) is 0 Å². The number of hydrogen-bond acceptors (Lipinski definition) is 2. The molecule has 1 aromatic rings. The van der Waals surface area contributed by atoms with Crippen LogP contribution in [0.3, 0.4) is 0 Å². The van der Waals surface area contributed by atoms with Gasteiger partial charge in [-0.25, -0.2) is 0 Å². The lowest BCUT2D eigenvalue weighted by molar-refractivity contribution is -0.146. The largest absolute Gasteiger partial charge is 0.481 e. The van der Waals surface area contributed by atoms with Crippen LogP contribution in [0, 0.1) is 5.92 Å². The second-order valence-electron chi connectivity index (χ2n) is 5.99. The Morgan fingerprint density at radius 2 is 1.83 bits per heavy atom. The van der Waals surface area contributed by atoms with Gasteiger partial charge in [-0.15, -0.1) is 0 Å². The summed E-state index contributed by atoms with van der Waals surface area (Å²) < 4.78 is 5.10. The molecule has 0 radical (unpaired) electrons. The van der Waals surface area contributed by atoms with Crippen LogP contribution in [0.15, 0.2) is 24.3 Å². The van der Waals surface area contributed by atoms with Crippen LogP contribution in [0.4, 0.5) is 0 Å². The first-order valence-corrected chi connectivity index (χ1v) is 6.30. The minimum atomic E-state index is -0.758. The van der Waals surface area contributed by atoms with E-state index in [2.05, 4.69) is 20.8 Å². The van der Waals surface area contributed by atoms with Crippen molar-refractivity contribution in [3.63, 3.8) is 0 Å². The molecule has 0 aromatic heterocycles. The highest BCUT2D eigenvalue weighted by Crippen LogP contribution is 2.32. The molecule has 0 spiro atoms. The molecule has 18 heavy (non-hydrogen) atoms. The molecule has 1 saturated heterocycles. The van der Waals surface area contributed by atoms with Gasteiger partial charge in [0.25, 0.3) is 0 Å². The van der Waals surface area contributed by atoms with E-state index in [1.165, 1.54) is 5.56 Å². The zero-order valence-electron chi connectivity index (χ0n) is 11.1. The fourth-order valence-corrected chi connectivity index (χ4v) is 2.25. The van der Waals surface area contributed by atoms with E-state index < -0.39 is 11.9 Å². The first kappa shape index (κ1) is 13.1. The molecule has 1 heterocycles. The number of ether oxygens (including phenoxy) is 1. The molecule has 1 atom stereocenters. The van der Waals surface area contributed by atoms with Gasteiger partial charge in [0.2, 0.25) is 0 Å². The molecule has 1 aliphatic rings. The molecule has 98 valence electrons. The molecule has 2 rings (SSSR count). The van der Waals surface area contributed by atoms with Gasteiger partial charge in [-0.05, 0) is 16.5 Å². The number of carboxylic acid groups (broad SMARTS) is 1. The summed E-state index contributed by atoms with van der Waals surface area (Å²) in [6.45, 7) is 7.55. The molecule has 1 unspecified atom stereocenters. The SMILES string of the molecule is CC(C)(C)c1ccc(C(C(=O)O)C2COC2)cc1.